The van der Waals surface area contributed by atoms with E-state index in [-0.39, 0.29) is 12.0 Å². The van der Waals surface area contributed by atoms with Crippen molar-refractivity contribution in [2.24, 2.45) is 0 Å². The van der Waals surface area contributed by atoms with Crippen LogP contribution in [0.25, 0.3) is 0 Å². The number of morpholine rings is 1. The minimum Gasteiger partial charge on any atom is -0.366 e. The molecular formula is C16H19N3O3S. The van der Waals surface area contributed by atoms with Gasteiger partial charge in [0.25, 0.3) is 0 Å². The maximum atomic E-state index is 12.5. The maximum absolute atomic E-state index is 12.5. The van der Waals surface area contributed by atoms with Gasteiger partial charge in [-0.05, 0) is 18.6 Å². The molecule has 1 aromatic heterocycles. The molecule has 0 saturated carbocycles. The summed E-state index contributed by atoms with van der Waals surface area (Å²) in [4.78, 5) is 19.6. The van der Waals surface area contributed by atoms with E-state index in [0.29, 0.717) is 37.2 Å². The SMILES string of the molecule is Cc1nc([C@@H]2CN(C(=O)CSc3ccccc3C)CCO2)no1. The fourth-order valence-electron chi connectivity index (χ4n) is 2.43. The van der Waals surface area contributed by atoms with E-state index in [9.17, 15) is 4.79 Å². The number of aromatic nitrogens is 2. The Morgan fingerprint density at radius 2 is 2.22 bits per heavy atom. The Bertz CT molecular complexity index is 689. The molecule has 7 heteroatoms. The first-order valence-electron chi connectivity index (χ1n) is 7.51. The average Bonchev–Trinajstić information content (AvgIpc) is 3.00. The molecule has 1 saturated heterocycles. The maximum Gasteiger partial charge on any atom is 0.233 e. The predicted octanol–water partition coefficient (Wildman–Crippen LogP) is 2.38. The van der Waals surface area contributed by atoms with Gasteiger partial charge in [0.05, 0.1) is 18.9 Å². The monoisotopic (exact) mass is 333 g/mol. The van der Waals surface area contributed by atoms with Crippen molar-refractivity contribution in [1.29, 1.82) is 0 Å². The number of aryl methyl sites for hydroxylation is 2. The Morgan fingerprint density at radius 3 is 2.96 bits per heavy atom. The minimum absolute atomic E-state index is 0.103. The zero-order chi connectivity index (χ0) is 16.2. The van der Waals surface area contributed by atoms with E-state index in [1.165, 1.54) is 5.56 Å². The number of rotatable bonds is 4. The molecule has 3 rings (SSSR count). The number of nitrogens with zero attached hydrogens (tertiary/aromatic N) is 3. The van der Waals surface area contributed by atoms with Crippen LogP contribution < -0.4 is 0 Å². The zero-order valence-electron chi connectivity index (χ0n) is 13.2. The third-order valence-electron chi connectivity index (χ3n) is 3.70. The highest BCUT2D eigenvalue weighted by atomic mass is 32.2. The van der Waals surface area contributed by atoms with Crippen molar-refractivity contribution < 1.29 is 14.1 Å². The fourth-order valence-corrected chi connectivity index (χ4v) is 3.36. The van der Waals surface area contributed by atoms with E-state index >= 15 is 0 Å². The van der Waals surface area contributed by atoms with Crippen molar-refractivity contribution in [3.63, 3.8) is 0 Å². The summed E-state index contributed by atoms with van der Waals surface area (Å²) in [6.45, 7) is 5.34. The van der Waals surface area contributed by atoms with Crippen LogP contribution in [0, 0.1) is 13.8 Å². The number of ether oxygens (including phenoxy) is 1. The molecule has 0 spiro atoms. The summed E-state index contributed by atoms with van der Waals surface area (Å²) in [5.41, 5.74) is 1.19. The van der Waals surface area contributed by atoms with Gasteiger partial charge in [-0.15, -0.1) is 11.8 Å². The molecule has 1 aliphatic heterocycles. The van der Waals surface area contributed by atoms with Crippen molar-refractivity contribution in [1.82, 2.24) is 15.0 Å². The molecule has 0 N–H and O–H groups in total. The van der Waals surface area contributed by atoms with Crippen LogP contribution in [0.1, 0.15) is 23.4 Å². The Morgan fingerprint density at radius 1 is 1.39 bits per heavy atom. The highest BCUT2D eigenvalue weighted by molar-refractivity contribution is 8.00. The van der Waals surface area contributed by atoms with Crippen LogP contribution >= 0.6 is 11.8 Å². The number of benzene rings is 1. The standard InChI is InChI=1S/C16H19N3O3S/c1-11-5-3-4-6-14(11)23-10-15(20)19-7-8-21-13(9-19)16-17-12(2)22-18-16/h3-6,13H,7-10H2,1-2H3/t13-/m0/s1. The van der Waals surface area contributed by atoms with Gasteiger partial charge in [-0.2, -0.15) is 4.98 Å². The predicted molar refractivity (Wildman–Crippen MR) is 86.2 cm³/mol. The second-order valence-electron chi connectivity index (χ2n) is 5.42. The second kappa shape index (κ2) is 7.14. The summed E-state index contributed by atoms with van der Waals surface area (Å²) in [7, 11) is 0. The van der Waals surface area contributed by atoms with Crippen LogP contribution in [-0.2, 0) is 9.53 Å². The van der Waals surface area contributed by atoms with Crippen LogP contribution in [0.3, 0.4) is 0 Å². The fraction of sp³-hybridized carbons (Fsp3) is 0.438. The number of hydrogen-bond acceptors (Lipinski definition) is 6. The molecular weight excluding hydrogens is 314 g/mol. The first kappa shape index (κ1) is 16.0. The summed E-state index contributed by atoms with van der Waals surface area (Å²) < 4.78 is 10.6. The molecule has 1 fully saturated rings. The third kappa shape index (κ3) is 3.92. The molecule has 0 aliphatic carbocycles. The van der Waals surface area contributed by atoms with Crippen LogP contribution in [0.5, 0.6) is 0 Å². The summed E-state index contributed by atoms with van der Waals surface area (Å²) in [5.74, 6) is 1.53. The Hall–Kier alpha value is -1.86. The first-order valence-corrected chi connectivity index (χ1v) is 8.50. The molecule has 2 heterocycles. The van der Waals surface area contributed by atoms with Gasteiger partial charge in [0.1, 0.15) is 6.10 Å². The lowest BCUT2D eigenvalue weighted by Gasteiger charge is -2.31. The minimum atomic E-state index is -0.311. The van der Waals surface area contributed by atoms with E-state index in [2.05, 4.69) is 23.1 Å². The number of thioether (sulfide) groups is 1. The third-order valence-corrected chi connectivity index (χ3v) is 4.86. The lowest BCUT2D eigenvalue weighted by molar-refractivity contribution is -0.136. The molecule has 1 aliphatic rings. The molecule has 0 bridgehead atoms. The van der Waals surface area contributed by atoms with Crippen molar-refractivity contribution >= 4 is 17.7 Å². The smallest absolute Gasteiger partial charge is 0.233 e. The highest BCUT2D eigenvalue weighted by Crippen LogP contribution is 2.24. The van der Waals surface area contributed by atoms with Gasteiger partial charge in [-0.3, -0.25) is 4.79 Å². The summed E-state index contributed by atoms with van der Waals surface area (Å²) >= 11 is 1.57. The van der Waals surface area contributed by atoms with E-state index in [0.717, 1.165) is 4.90 Å². The molecule has 1 aromatic carbocycles. The average molecular weight is 333 g/mol. The molecule has 0 radical (unpaired) electrons. The lowest BCUT2D eigenvalue weighted by atomic mass is 10.2. The summed E-state index contributed by atoms with van der Waals surface area (Å²) in [6.07, 6.45) is -0.311. The van der Waals surface area contributed by atoms with Crippen LogP contribution in [0.2, 0.25) is 0 Å². The van der Waals surface area contributed by atoms with Crippen molar-refractivity contribution in [2.45, 2.75) is 24.8 Å². The van der Waals surface area contributed by atoms with Crippen LogP contribution in [-0.4, -0.2) is 46.4 Å². The molecule has 0 unspecified atom stereocenters. The molecule has 1 atom stereocenters. The first-order chi connectivity index (χ1) is 11.1. The Balaban J connectivity index is 1.58. The molecule has 1 amide bonds. The summed E-state index contributed by atoms with van der Waals surface area (Å²) in [6, 6.07) is 8.08. The zero-order valence-corrected chi connectivity index (χ0v) is 14.0. The lowest BCUT2D eigenvalue weighted by Crippen LogP contribution is -2.43. The van der Waals surface area contributed by atoms with Gasteiger partial charge in [0, 0.05) is 18.4 Å². The largest absolute Gasteiger partial charge is 0.366 e. The van der Waals surface area contributed by atoms with Crippen LogP contribution in [0.15, 0.2) is 33.7 Å². The summed E-state index contributed by atoms with van der Waals surface area (Å²) in [5, 5.41) is 3.88. The van der Waals surface area contributed by atoms with Crippen molar-refractivity contribution in [3.8, 4) is 0 Å². The number of hydrogen-bond donors (Lipinski definition) is 0. The van der Waals surface area contributed by atoms with E-state index in [4.69, 9.17) is 9.26 Å². The Labute approximate surface area is 139 Å². The normalized spacial score (nSPS) is 18.2. The molecule has 23 heavy (non-hydrogen) atoms. The van der Waals surface area contributed by atoms with Gasteiger partial charge < -0.3 is 14.2 Å². The van der Waals surface area contributed by atoms with Gasteiger partial charge in [0.15, 0.2) is 0 Å². The van der Waals surface area contributed by atoms with E-state index < -0.39 is 0 Å². The number of amides is 1. The van der Waals surface area contributed by atoms with Crippen molar-refractivity contribution in [3.05, 3.63) is 41.5 Å². The number of carbonyl (C=O) groups is 1. The quantitative estimate of drug-likeness (QED) is 0.800. The molecule has 122 valence electrons. The van der Waals surface area contributed by atoms with Gasteiger partial charge in [0.2, 0.25) is 17.6 Å². The van der Waals surface area contributed by atoms with Crippen molar-refractivity contribution in [2.75, 3.05) is 25.4 Å². The van der Waals surface area contributed by atoms with Gasteiger partial charge in [-0.1, -0.05) is 23.4 Å². The van der Waals surface area contributed by atoms with E-state index in [1.807, 2.05) is 23.1 Å². The van der Waals surface area contributed by atoms with Gasteiger partial charge in [-0.25, -0.2) is 0 Å². The molecule has 6 nitrogen and oxygen atoms in total. The Kier molecular flexibility index (Phi) is 4.97. The number of carbonyl (C=O) groups excluding carboxylic acids is 1. The van der Waals surface area contributed by atoms with E-state index in [1.54, 1.807) is 18.7 Å². The topological polar surface area (TPSA) is 68.5 Å². The second-order valence-corrected chi connectivity index (χ2v) is 6.44. The van der Waals surface area contributed by atoms with Crippen LogP contribution in [0.4, 0.5) is 0 Å². The molecule has 2 aromatic rings. The van der Waals surface area contributed by atoms with Gasteiger partial charge >= 0.3 is 0 Å². The highest BCUT2D eigenvalue weighted by Gasteiger charge is 2.28.